The third-order valence-corrected chi connectivity index (χ3v) is 4.26. The molecule has 2 amide bonds. The van der Waals surface area contributed by atoms with Crippen molar-refractivity contribution < 1.29 is 23.1 Å². The third-order valence-electron chi connectivity index (χ3n) is 2.79. The molecule has 0 aliphatic heterocycles. The van der Waals surface area contributed by atoms with Crippen LogP contribution in [0.3, 0.4) is 0 Å². The van der Waals surface area contributed by atoms with Crippen molar-refractivity contribution in [1.82, 2.24) is 15.4 Å². The lowest BCUT2D eigenvalue weighted by Gasteiger charge is -2.20. The number of rotatable bonds is 9. The number of aliphatic carboxylic acids is 1. The summed E-state index contributed by atoms with van der Waals surface area (Å²) < 4.78 is 24.9. The largest absolute Gasteiger partial charge is 0.480 e. The van der Waals surface area contributed by atoms with E-state index in [0.717, 1.165) is 0 Å². The Balaban J connectivity index is 4.25. The second-order valence-electron chi connectivity index (χ2n) is 4.42. The van der Waals surface area contributed by atoms with E-state index in [0.29, 0.717) is 6.42 Å². The van der Waals surface area contributed by atoms with Crippen LogP contribution in [0.25, 0.3) is 0 Å². The maximum Gasteiger partial charge on any atom is 0.326 e. The van der Waals surface area contributed by atoms with Crippen molar-refractivity contribution in [3.05, 3.63) is 0 Å². The fourth-order valence-corrected chi connectivity index (χ4v) is 2.42. The molecule has 0 heterocycles. The average Bonchev–Trinajstić information content (AvgIpc) is 2.34. The van der Waals surface area contributed by atoms with Crippen LogP contribution in [0.2, 0.25) is 0 Å². The standard InChI is InChI=1S/C11H23N3O5S/c1-4-8(3)9(10(15)16)14-11(17)12-6-7-20(18,19)13-5-2/h8-9,13H,4-7H2,1-3H3,(H,15,16)(H2,12,14,17)/t8?,9-/m0/s1. The lowest BCUT2D eigenvalue weighted by Crippen LogP contribution is -2.50. The van der Waals surface area contributed by atoms with E-state index in [9.17, 15) is 18.0 Å². The van der Waals surface area contributed by atoms with Crippen LogP contribution >= 0.6 is 0 Å². The summed E-state index contributed by atoms with van der Waals surface area (Å²) in [6.07, 6.45) is 0.603. The summed E-state index contributed by atoms with van der Waals surface area (Å²) in [5.41, 5.74) is 0. The van der Waals surface area contributed by atoms with E-state index in [2.05, 4.69) is 15.4 Å². The first-order chi connectivity index (χ1) is 9.23. The summed E-state index contributed by atoms with van der Waals surface area (Å²) in [7, 11) is -3.40. The van der Waals surface area contributed by atoms with Crippen molar-refractivity contribution in [2.45, 2.75) is 33.2 Å². The molecule has 0 aromatic rings. The minimum absolute atomic E-state index is 0.0893. The highest BCUT2D eigenvalue weighted by Crippen LogP contribution is 2.07. The van der Waals surface area contributed by atoms with Crippen LogP contribution in [0.15, 0.2) is 0 Å². The highest BCUT2D eigenvalue weighted by Gasteiger charge is 2.25. The van der Waals surface area contributed by atoms with Crippen molar-refractivity contribution in [2.75, 3.05) is 18.8 Å². The van der Waals surface area contributed by atoms with Gasteiger partial charge in [0.15, 0.2) is 0 Å². The molecule has 0 fully saturated rings. The van der Waals surface area contributed by atoms with Crippen LogP contribution < -0.4 is 15.4 Å². The molecular weight excluding hydrogens is 286 g/mol. The number of carbonyl (C=O) groups is 2. The molecule has 20 heavy (non-hydrogen) atoms. The predicted octanol–water partition coefficient (Wildman–Crippen LogP) is -0.276. The Kier molecular flexibility index (Phi) is 8.16. The summed E-state index contributed by atoms with van der Waals surface area (Å²) >= 11 is 0. The number of carboxylic acid groups (broad SMARTS) is 1. The maximum atomic E-state index is 11.5. The van der Waals surface area contributed by atoms with Gasteiger partial charge in [-0.2, -0.15) is 0 Å². The Hall–Kier alpha value is -1.35. The molecule has 0 saturated heterocycles. The first kappa shape index (κ1) is 18.7. The average molecular weight is 309 g/mol. The number of sulfonamides is 1. The van der Waals surface area contributed by atoms with Crippen molar-refractivity contribution >= 4 is 22.0 Å². The number of hydrogen-bond donors (Lipinski definition) is 4. The highest BCUT2D eigenvalue weighted by atomic mass is 32.2. The van der Waals surface area contributed by atoms with Gasteiger partial charge in [0.05, 0.1) is 5.75 Å². The first-order valence-corrected chi connectivity index (χ1v) is 8.13. The molecule has 0 radical (unpaired) electrons. The number of carbonyl (C=O) groups excluding carboxylic acids is 1. The molecule has 0 bridgehead atoms. The smallest absolute Gasteiger partial charge is 0.326 e. The van der Waals surface area contributed by atoms with Crippen LogP contribution in [0.1, 0.15) is 27.2 Å². The number of hydrogen-bond acceptors (Lipinski definition) is 4. The van der Waals surface area contributed by atoms with E-state index in [4.69, 9.17) is 5.11 Å². The minimum Gasteiger partial charge on any atom is -0.480 e. The van der Waals surface area contributed by atoms with E-state index in [1.165, 1.54) is 0 Å². The van der Waals surface area contributed by atoms with Gasteiger partial charge in [-0.25, -0.2) is 22.7 Å². The van der Waals surface area contributed by atoms with E-state index >= 15 is 0 Å². The zero-order valence-electron chi connectivity index (χ0n) is 12.0. The van der Waals surface area contributed by atoms with Crippen molar-refractivity contribution in [3.63, 3.8) is 0 Å². The molecule has 0 spiro atoms. The van der Waals surface area contributed by atoms with E-state index < -0.39 is 28.1 Å². The normalized spacial score (nSPS) is 14.3. The van der Waals surface area contributed by atoms with Gasteiger partial charge in [-0.15, -0.1) is 0 Å². The molecule has 1 unspecified atom stereocenters. The second-order valence-corrected chi connectivity index (χ2v) is 6.34. The Morgan fingerprint density at radius 2 is 1.85 bits per heavy atom. The van der Waals surface area contributed by atoms with Gasteiger partial charge in [0.2, 0.25) is 10.0 Å². The number of carboxylic acids is 1. The zero-order chi connectivity index (χ0) is 15.8. The number of urea groups is 1. The molecule has 2 atom stereocenters. The second kappa shape index (κ2) is 8.75. The van der Waals surface area contributed by atoms with Gasteiger partial charge in [0.25, 0.3) is 0 Å². The van der Waals surface area contributed by atoms with Crippen LogP contribution in [-0.2, 0) is 14.8 Å². The van der Waals surface area contributed by atoms with Crippen LogP contribution in [-0.4, -0.2) is 50.4 Å². The first-order valence-electron chi connectivity index (χ1n) is 6.48. The molecular formula is C11H23N3O5S. The Morgan fingerprint density at radius 1 is 1.25 bits per heavy atom. The fourth-order valence-electron chi connectivity index (χ4n) is 1.47. The highest BCUT2D eigenvalue weighted by molar-refractivity contribution is 7.89. The van der Waals surface area contributed by atoms with Gasteiger partial charge in [-0.05, 0) is 5.92 Å². The van der Waals surface area contributed by atoms with Gasteiger partial charge in [-0.1, -0.05) is 27.2 Å². The lowest BCUT2D eigenvalue weighted by molar-refractivity contribution is -0.140. The molecule has 9 heteroatoms. The van der Waals surface area contributed by atoms with Crippen molar-refractivity contribution in [1.29, 1.82) is 0 Å². The van der Waals surface area contributed by atoms with Gasteiger partial charge in [0.1, 0.15) is 6.04 Å². The summed E-state index contributed by atoms with van der Waals surface area (Å²) in [5.74, 6) is -1.59. The molecule has 0 rings (SSSR count). The van der Waals surface area contributed by atoms with Crippen LogP contribution in [0, 0.1) is 5.92 Å². The molecule has 0 aromatic heterocycles. The quantitative estimate of drug-likeness (QED) is 0.466. The molecule has 0 aliphatic rings. The van der Waals surface area contributed by atoms with Crippen molar-refractivity contribution in [2.24, 2.45) is 5.92 Å². The SMILES string of the molecule is CCNS(=O)(=O)CCNC(=O)N[C@H](C(=O)O)C(C)CC. The van der Waals surface area contributed by atoms with Gasteiger partial charge < -0.3 is 15.7 Å². The monoisotopic (exact) mass is 309 g/mol. The molecule has 0 aromatic carbocycles. The van der Waals surface area contributed by atoms with E-state index in [-0.39, 0.29) is 24.8 Å². The Labute approximate surface area is 119 Å². The lowest BCUT2D eigenvalue weighted by atomic mass is 9.99. The topological polar surface area (TPSA) is 125 Å². The predicted molar refractivity (Wildman–Crippen MR) is 74.9 cm³/mol. The third kappa shape index (κ3) is 7.29. The molecule has 8 nitrogen and oxygen atoms in total. The summed E-state index contributed by atoms with van der Waals surface area (Å²) in [4.78, 5) is 22.5. The van der Waals surface area contributed by atoms with E-state index in [1.54, 1.807) is 13.8 Å². The summed E-state index contributed by atoms with van der Waals surface area (Å²) in [6.45, 7) is 5.39. The zero-order valence-corrected chi connectivity index (χ0v) is 12.8. The molecule has 0 saturated carbocycles. The van der Waals surface area contributed by atoms with Gasteiger partial charge in [-0.3, -0.25) is 0 Å². The van der Waals surface area contributed by atoms with Crippen LogP contribution in [0.4, 0.5) is 4.79 Å². The Morgan fingerprint density at radius 3 is 2.30 bits per heavy atom. The maximum absolute atomic E-state index is 11.5. The van der Waals surface area contributed by atoms with Gasteiger partial charge in [0, 0.05) is 13.1 Å². The molecule has 118 valence electrons. The van der Waals surface area contributed by atoms with Crippen LogP contribution in [0.5, 0.6) is 0 Å². The summed E-state index contributed by atoms with van der Waals surface area (Å²) in [6, 6.07) is -1.69. The molecule has 0 aliphatic carbocycles. The number of amides is 2. The molecule has 4 N–H and O–H groups in total. The number of nitrogens with one attached hydrogen (secondary N) is 3. The summed E-state index contributed by atoms with van der Waals surface area (Å²) in [5, 5.41) is 13.6. The minimum atomic E-state index is -3.40. The Bertz CT molecular complexity index is 424. The van der Waals surface area contributed by atoms with Gasteiger partial charge >= 0.3 is 12.0 Å². The van der Waals surface area contributed by atoms with E-state index in [1.807, 2.05) is 6.92 Å². The van der Waals surface area contributed by atoms with Crippen molar-refractivity contribution in [3.8, 4) is 0 Å². The fraction of sp³-hybridized carbons (Fsp3) is 0.818.